The van der Waals surface area contributed by atoms with Crippen LogP contribution in [0, 0.1) is 5.41 Å². The molecule has 15 heavy (non-hydrogen) atoms. The maximum absolute atomic E-state index is 6.18. The van der Waals surface area contributed by atoms with E-state index in [1.807, 2.05) is 12.4 Å². The number of pyridine rings is 1. The fourth-order valence-electron chi connectivity index (χ4n) is 3.38. The summed E-state index contributed by atoms with van der Waals surface area (Å²) in [5, 5.41) is 0. The molecule has 2 aliphatic carbocycles. The average molecular weight is 202 g/mol. The van der Waals surface area contributed by atoms with Crippen molar-refractivity contribution in [2.45, 2.75) is 44.6 Å². The van der Waals surface area contributed by atoms with Crippen LogP contribution in [0.3, 0.4) is 0 Å². The Balaban J connectivity index is 2.08. The van der Waals surface area contributed by atoms with Gasteiger partial charge in [0.15, 0.2) is 0 Å². The molecular weight excluding hydrogens is 184 g/mol. The molecule has 2 unspecified atom stereocenters. The van der Waals surface area contributed by atoms with Gasteiger partial charge >= 0.3 is 0 Å². The summed E-state index contributed by atoms with van der Waals surface area (Å²) in [6, 6.07) is 2.46. The van der Waals surface area contributed by atoms with Gasteiger partial charge in [0.1, 0.15) is 0 Å². The van der Waals surface area contributed by atoms with E-state index in [4.69, 9.17) is 5.73 Å². The number of nitrogens with zero attached hydrogens (tertiary/aromatic N) is 1. The summed E-state index contributed by atoms with van der Waals surface area (Å²) in [5.74, 6) is 0.573. The number of hydrogen-bond acceptors (Lipinski definition) is 2. The first-order chi connectivity index (χ1) is 7.23. The molecule has 1 aromatic heterocycles. The molecule has 2 N–H and O–H groups in total. The Hall–Kier alpha value is -0.890. The molecule has 3 rings (SSSR count). The average Bonchev–Trinajstić information content (AvgIpc) is 2.98. The topological polar surface area (TPSA) is 38.9 Å². The third-order valence-corrected chi connectivity index (χ3v) is 4.25. The summed E-state index contributed by atoms with van der Waals surface area (Å²) in [4.78, 5) is 4.22. The largest absolute Gasteiger partial charge is 0.327 e. The lowest BCUT2D eigenvalue weighted by Gasteiger charge is -2.36. The van der Waals surface area contributed by atoms with Crippen LogP contribution in [-0.2, 0) is 6.42 Å². The maximum Gasteiger partial charge on any atom is 0.0302 e. The summed E-state index contributed by atoms with van der Waals surface area (Å²) in [7, 11) is 0. The quantitative estimate of drug-likeness (QED) is 0.758. The molecule has 1 spiro atoms. The van der Waals surface area contributed by atoms with Gasteiger partial charge in [0.25, 0.3) is 0 Å². The highest BCUT2D eigenvalue weighted by Gasteiger charge is 2.52. The van der Waals surface area contributed by atoms with Gasteiger partial charge in [0.05, 0.1) is 0 Å². The van der Waals surface area contributed by atoms with E-state index in [1.54, 1.807) is 0 Å². The highest BCUT2D eigenvalue weighted by atomic mass is 14.7. The predicted molar refractivity (Wildman–Crippen MR) is 60.6 cm³/mol. The SMILES string of the molecule is CC(N)C1c2ccncc2CCC12CC2. The van der Waals surface area contributed by atoms with Crippen molar-refractivity contribution < 1.29 is 0 Å². The first-order valence-corrected chi connectivity index (χ1v) is 5.91. The Morgan fingerprint density at radius 2 is 2.27 bits per heavy atom. The van der Waals surface area contributed by atoms with Crippen LogP contribution in [0.4, 0.5) is 0 Å². The monoisotopic (exact) mass is 202 g/mol. The Labute approximate surface area is 90.9 Å². The van der Waals surface area contributed by atoms with Gasteiger partial charge in [-0.3, -0.25) is 4.98 Å². The van der Waals surface area contributed by atoms with E-state index in [1.165, 1.54) is 36.8 Å². The molecule has 0 amide bonds. The van der Waals surface area contributed by atoms with Crippen LogP contribution in [0.2, 0.25) is 0 Å². The van der Waals surface area contributed by atoms with Gasteiger partial charge < -0.3 is 5.73 Å². The van der Waals surface area contributed by atoms with E-state index in [-0.39, 0.29) is 6.04 Å². The Bertz CT molecular complexity index is 380. The highest BCUT2D eigenvalue weighted by molar-refractivity contribution is 5.36. The Morgan fingerprint density at radius 1 is 1.47 bits per heavy atom. The molecule has 1 heterocycles. The summed E-state index contributed by atoms with van der Waals surface area (Å²) < 4.78 is 0. The maximum atomic E-state index is 6.18. The number of hydrogen-bond donors (Lipinski definition) is 1. The van der Waals surface area contributed by atoms with Gasteiger partial charge in [-0.15, -0.1) is 0 Å². The van der Waals surface area contributed by atoms with Gasteiger partial charge in [0.2, 0.25) is 0 Å². The van der Waals surface area contributed by atoms with Crippen LogP contribution < -0.4 is 5.73 Å². The molecule has 0 aliphatic heterocycles. The second-order valence-corrected chi connectivity index (χ2v) is 5.27. The molecule has 2 heteroatoms. The molecule has 0 radical (unpaired) electrons. The van der Waals surface area contributed by atoms with Gasteiger partial charge in [-0.2, -0.15) is 0 Å². The van der Waals surface area contributed by atoms with Gasteiger partial charge in [-0.1, -0.05) is 0 Å². The van der Waals surface area contributed by atoms with Crippen molar-refractivity contribution in [2.24, 2.45) is 11.1 Å². The molecule has 1 saturated carbocycles. The number of nitrogens with two attached hydrogens (primary N) is 1. The fourth-order valence-corrected chi connectivity index (χ4v) is 3.38. The number of rotatable bonds is 1. The normalized spacial score (nSPS) is 28.5. The molecule has 2 nitrogen and oxygen atoms in total. The summed E-state index contributed by atoms with van der Waals surface area (Å²) in [5.41, 5.74) is 9.64. The van der Waals surface area contributed by atoms with Crippen molar-refractivity contribution in [3.63, 3.8) is 0 Å². The lowest BCUT2D eigenvalue weighted by Crippen LogP contribution is -2.35. The zero-order valence-corrected chi connectivity index (χ0v) is 9.24. The number of aryl methyl sites for hydroxylation is 1. The van der Waals surface area contributed by atoms with E-state index in [9.17, 15) is 0 Å². The van der Waals surface area contributed by atoms with Crippen LogP contribution >= 0.6 is 0 Å². The number of aromatic nitrogens is 1. The molecule has 2 atom stereocenters. The smallest absolute Gasteiger partial charge is 0.0302 e. The van der Waals surface area contributed by atoms with E-state index in [2.05, 4.69) is 18.0 Å². The molecular formula is C13H18N2. The lowest BCUT2D eigenvalue weighted by atomic mass is 9.70. The molecule has 2 aliphatic rings. The third-order valence-electron chi connectivity index (χ3n) is 4.25. The number of fused-ring (bicyclic) bond motifs is 1. The first-order valence-electron chi connectivity index (χ1n) is 5.91. The van der Waals surface area contributed by atoms with E-state index >= 15 is 0 Å². The summed E-state index contributed by atoms with van der Waals surface area (Å²) in [6.45, 7) is 2.15. The Morgan fingerprint density at radius 3 is 2.93 bits per heavy atom. The van der Waals surface area contributed by atoms with E-state index in [0.717, 1.165) is 0 Å². The minimum absolute atomic E-state index is 0.272. The van der Waals surface area contributed by atoms with Crippen LogP contribution in [-0.4, -0.2) is 11.0 Å². The molecule has 0 aromatic carbocycles. The minimum Gasteiger partial charge on any atom is -0.327 e. The zero-order chi connectivity index (χ0) is 10.5. The standard InChI is InChI=1S/C13H18N2/c1-9(14)12-11-3-7-15-8-10(11)2-4-13(12)5-6-13/h3,7-9,12H,2,4-6,14H2,1H3. The summed E-state index contributed by atoms with van der Waals surface area (Å²) in [6.07, 6.45) is 9.21. The van der Waals surface area contributed by atoms with Crippen molar-refractivity contribution in [3.05, 3.63) is 29.6 Å². The van der Waals surface area contributed by atoms with Crippen LogP contribution in [0.25, 0.3) is 0 Å². The molecule has 1 aromatic rings. The summed E-state index contributed by atoms with van der Waals surface area (Å²) >= 11 is 0. The van der Waals surface area contributed by atoms with E-state index < -0.39 is 0 Å². The second-order valence-electron chi connectivity index (χ2n) is 5.27. The minimum atomic E-state index is 0.272. The van der Waals surface area contributed by atoms with Crippen molar-refractivity contribution in [3.8, 4) is 0 Å². The van der Waals surface area contributed by atoms with Gasteiger partial charge in [-0.25, -0.2) is 0 Å². The van der Waals surface area contributed by atoms with Crippen LogP contribution in [0.5, 0.6) is 0 Å². The van der Waals surface area contributed by atoms with Crippen molar-refractivity contribution in [1.82, 2.24) is 4.98 Å². The van der Waals surface area contributed by atoms with Crippen LogP contribution in [0.1, 0.15) is 43.2 Å². The van der Waals surface area contributed by atoms with E-state index in [0.29, 0.717) is 11.3 Å². The fraction of sp³-hybridized carbons (Fsp3) is 0.615. The lowest BCUT2D eigenvalue weighted by molar-refractivity contribution is 0.312. The molecule has 1 fully saturated rings. The third kappa shape index (κ3) is 1.31. The van der Waals surface area contributed by atoms with Crippen molar-refractivity contribution >= 4 is 0 Å². The first kappa shape index (κ1) is 9.34. The molecule has 0 bridgehead atoms. The van der Waals surface area contributed by atoms with Crippen LogP contribution in [0.15, 0.2) is 18.5 Å². The Kier molecular flexibility index (Phi) is 1.90. The van der Waals surface area contributed by atoms with Crippen molar-refractivity contribution in [1.29, 1.82) is 0 Å². The van der Waals surface area contributed by atoms with Crippen molar-refractivity contribution in [2.75, 3.05) is 0 Å². The van der Waals surface area contributed by atoms with Gasteiger partial charge in [-0.05, 0) is 55.2 Å². The molecule has 80 valence electrons. The van der Waals surface area contributed by atoms with Gasteiger partial charge in [0, 0.05) is 24.4 Å². The zero-order valence-electron chi connectivity index (χ0n) is 9.24. The predicted octanol–water partition coefficient (Wildman–Crippen LogP) is 2.24. The molecule has 0 saturated heterocycles. The second kappa shape index (κ2) is 3.05. The highest BCUT2D eigenvalue weighted by Crippen LogP contribution is 2.62.